The summed E-state index contributed by atoms with van der Waals surface area (Å²) in [6, 6.07) is 0. The standard InChI is InChI=1S/C8H11IO2/c1-2-11-8(10)6-4-3-5-7-9/h2-3,5,7H2,1H3. The lowest BCUT2D eigenvalue weighted by atomic mass is 10.3. The monoisotopic (exact) mass is 266 g/mol. The molecule has 0 saturated carbocycles. The Hall–Kier alpha value is -0.240. The van der Waals surface area contributed by atoms with Gasteiger partial charge in [-0.15, -0.1) is 0 Å². The molecule has 11 heavy (non-hydrogen) atoms. The Morgan fingerprint density at radius 1 is 1.64 bits per heavy atom. The molecule has 0 radical (unpaired) electrons. The molecule has 0 fully saturated rings. The van der Waals surface area contributed by atoms with Crippen LogP contribution in [0.15, 0.2) is 0 Å². The molecule has 0 saturated heterocycles. The third-order valence-corrected chi connectivity index (χ3v) is 1.66. The molecule has 0 heterocycles. The highest BCUT2D eigenvalue weighted by Gasteiger charge is 1.90. The van der Waals surface area contributed by atoms with Crippen molar-refractivity contribution in [2.45, 2.75) is 19.8 Å². The summed E-state index contributed by atoms with van der Waals surface area (Å²) in [6.07, 6.45) is 1.81. The van der Waals surface area contributed by atoms with Gasteiger partial charge >= 0.3 is 5.97 Å². The van der Waals surface area contributed by atoms with Crippen LogP contribution >= 0.6 is 22.6 Å². The Labute approximate surface area is 80.8 Å². The maximum Gasteiger partial charge on any atom is 0.384 e. The summed E-state index contributed by atoms with van der Waals surface area (Å²) >= 11 is 2.28. The van der Waals surface area contributed by atoms with Gasteiger partial charge in [0.15, 0.2) is 0 Å². The number of ether oxygens (including phenoxy) is 1. The van der Waals surface area contributed by atoms with Crippen molar-refractivity contribution in [2.75, 3.05) is 11.0 Å². The summed E-state index contributed by atoms with van der Waals surface area (Å²) in [6.45, 7) is 2.17. The SMILES string of the molecule is CCOC(=O)C#CCCCI. The molecule has 0 N–H and O–H groups in total. The molecule has 0 atom stereocenters. The molecule has 0 aliphatic heterocycles. The number of carbonyl (C=O) groups excluding carboxylic acids is 1. The molecule has 0 aromatic rings. The Balaban J connectivity index is 3.43. The van der Waals surface area contributed by atoms with Crippen molar-refractivity contribution in [2.24, 2.45) is 0 Å². The first-order valence-corrected chi connectivity index (χ1v) is 5.05. The van der Waals surface area contributed by atoms with Crippen molar-refractivity contribution < 1.29 is 9.53 Å². The zero-order chi connectivity index (χ0) is 8.53. The van der Waals surface area contributed by atoms with Gasteiger partial charge in [0.1, 0.15) is 0 Å². The second-order valence-electron chi connectivity index (χ2n) is 1.81. The number of rotatable bonds is 3. The van der Waals surface area contributed by atoms with E-state index >= 15 is 0 Å². The van der Waals surface area contributed by atoms with E-state index in [1.54, 1.807) is 6.92 Å². The third-order valence-electron chi connectivity index (χ3n) is 0.901. The largest absolute Gasteiger partial charge is 0.456 e. The van der Waals surface area contributed by atoms with Crippen LogP contribution in [0.1, 0.15) is 19.8 Å². The topological polar surface area (TPSA) is 26.3 Å². The summed E-state index contributed by atoms with van der Waals surface area (Å²) in [4.78, 5) is 10.6. The highest BCUT2D eigenvalue weighted by Crippen LogP contribution is 1.91. The first-order valence-electron chi connectivity index (χ1n) is 3.52. The van der Waals surface area contributed by atoms with Crippen molar-refractivity contribution in [1.82, 2.24) is 0 Å². The molecule has 3 heteroatoms. The summed E-state index contributed by atoms with van der Waals surface area (Å²) < 4.78 is 5.69. The van der Waals surface area contributed by atoms with Gasteiger partial charge in [0.05, 0.1) is 6.61 Å². The predicted molar refractivity (Wildman–Crippen MR) is 52.5 cm³/mol. The van der Waals surface area contributed by atoms with Crippen LogP contribution < -0.4 is 0 Å². The van der Waals surface area contributed by atoms with Crippen LogP contribution in [0.3, 0.4) is 0 Å². The summed E-state index contributed by atoms with van der Waals surface area (Å²) in [5.74, 6) is 4.73. The molecule has 0 bridgehead atoms. The van der Waals surface area contributed by atoms with Crippen molar-refractivity contribution in [1.29, 1.82) is 0 Å². The van der Waals surface area contributed by atoms with Gasteiger partial charge in [0, 0.05) is 16.8 Å². The van der Waals surface area contributed by atoms with Gasteiger partial charge in [-0.3, -0.25) is 0 Å². The van der Waals surface area contributed by atoms with Crippen molar-refractivity contribution in [3.63, 3.8) is 0 Å². The first-order chi connectivity index (χ1) is 5.31. The van der Waals surface area contributed by atoms with Gasteiger partial charge in [-0.2, -0.15) is 0 Å². The number of esters is 1. The molecule has 62 valence electrons. The maximum absolute atomic E-state index is 10.6. The Morgan fingerprint density at radius 3 is 2.91 bits per heavy atom. The fourth-order valence-electron chi connectivity index (χ4n) is 0.457. The quantitative estimate of drug-likeness (QED) is 0.194. The van der Waals surface area contributed by atoms with Gasteiger partial charge in [-0.25, -0.2) is 4.79 Å². The van der Waals surface area contributed by atoms with Crippen LogP contribution in [0.4, 0.5) is 0 Å². The minimum atomic E-state index is -0.416. The van der Waals surface area contributed by atoms with Crippen LogP contribution in [0.2, 0.25) is 0 Å². The first kappa shape index (κ1) is 10.8. The Morgan fingerprint density at radius 2 is 2.36 bits per heavy atom. The molecule has 0 amide bonds. The average Bonchev–Trinajstić information content (AvgIpc) is 1.99. The number of halogens is 1. The molecule has 0 rings (SSSR count). The normalized spacial score (nSPS) is 8.18. The Kier molecular flexibility index (Phi) is 7.69. The van der Waals surface area contributed by atoms with Crippen molar-refractivity contribution >= 4 is 28.6 Å². The lowest BCUT2D eigenvalue weighted by Crippen LogP contribution is -1.99. The van der Waals surface area contributed by atoms with E-state index in [4.69, 9.17) is 0 Å². The van der Waals surface area contributed by atoms with Crippen molar-refractivity contribution in [3.8, 4) is 11.8 Å². The molecule has 0 aromatic carbocycles. The van der Waals surface area contributed by atoms with Gasteiger partial charge in [0.25, 0.3) is 0 Å². The second-order valence-corrected chi connectivity index (χ2v) is 2.89. The molecular formula is C8H11IO2. The van der Waals surface area contributed by atoms with E-state index in [0.29, 0.717) is 6.61 Å². The fourth-order valence-corrected chi connectivity index (χ4v) is 0.838. The lowest BCUT2D eigenvalue weighted by molar-refractivity contribution is -0.136. The zero-order valence-electron chi connectivity index (χ0n) is 6.52. The van der Waals surface area contributed by atoms with Gasteiger partial charge < -0.3 is 4.74 Å². The number of carbonyl (C=O) groups is 1. The highest BCUT2D eigenvalue weighted by atomic mass is 127. The van der Waals surface area contributed by atoms with Crippen molar-refractivity contribution in [3.05, 3.63) is 0 Å². The minimum Gasteiger partial charge on any atom is -0.456 e. The lowest BCUT2D eigenvalue weighted by Gasteiger charge is -1.90. The molecule has 0 aliphatic carbocycles. The number of unbranched alkanes of at least 4 members (excludes halogenated alkanes) is 1. The fraction of sp³-hybridized carbons (Fsp3) is 0.625. The van der Waals surface area contributed by atoms with Gasteiger partial charge in [-0.1, -0.05) is 28.5 Å². The predicted octanol–water partition coefficient (Wildman–Crippen LogP) is 1.77. The average molecular weight is 266 g/mol. The zero-order valence-corrected chi connectivity index (χ0v) is 8.68. The summed E-state index contributed by atoms with van der Waals surface area (Å²) in [7, 11) is 0. The third kappa shape index (κ3) is 7.66. The van der Waals surface area contributed by atoms with Gasteiger partial charge in [-0.05, 0) is 13.3 Å². The van der Waals surface area contributed by atoms with E-state index < -0.39 is 5.97 Å². The smallest absolute Gasteiger partial charge is 0.384 e. The molecule has 0 aromatic heterocycles. The maximum atomic E-state index is 10.6. The van der Waals surface area contributed by atoms with Gasteiger partial charge in [0.2, 0.25) is 0 Å². The molecule has 2 nitrogen and oxygen atoms in total. The number of hydrogen-bond acceptors (Lipinski definition) is 2. The van der Waals surface area contributed by atoms with Crippen LogP contribution in [-0.2, 0) is 9.53 Å². The number of alkyl halides is 1. The van der Waals surface area contributed by atoms with Crippen LogP contribution in [0.5, 0.6) is 0 Å². The second kappa shape index (κ2) is 7.86. The molecule has 0 aliphatic rings. The summed E-state index contributed by atoms with van der Waals surface area (Å²) in [5.41, 5.74) is 0. The van der Waals surface area contributed by atoms with Crippen LogP contribution in [-0.4, -0.2) is 17.0 Å². The molecule has 0 spiro atoms. The molecule has 0 unspecified atom stereocenters. The molecular weight excluding hydrogens is 255 g/mol. The van der Waals surface area contributed by atoms with Crippen LogP contribution in [0.25, 0.3) is 0 Å². The number of hydrogen-bond donors (Lipinski definition) is 0. The minimum absolute atomic E-state index is 0.403. The van der Waals surface area contributed by atoms with E-state index in [0.717, 1.165) is 17.3 Å². The van der Waals surface area contributed by atoms with Crippen LogP contribution in [0, 0.1) is 11.8 Å². The van der Waals surface area contributed by atoms with E-state index in [1.807, 2.05) is 0 Å². The van der Waals surface area contributed by atoms with E-state index in [2.05, 4.69) is 39.2 Å². The van der Waals surface area contributed by atoms with E-state index in [-0.39, 0.29) is 0 Å². The summed E-state index contributed by atoms with van der Waals surface area (Å²) in [5, 5.41) is 0. The van der Waals surface area contributed by atoms with E-state index in [9.17, 15) is 4.79 Å². The Bertz CT molecular complexity index is 167. The highest BCUT2D eigenvalue weighted by molar-refractivity contribution is 14.1. The van der Waals surface area contributed by atoms with E-state index in [1.165, 1.54) is 0 Å².